The zero-order valence-electron chi connectivity index (χ0n) is 14.5. The number of carbonyl (C=O) groups excluding carboxylic acids is 1. The molecule has 8 nitrogen and oxygen atoms in total. The second-order valence-corrected chi connectivity index (χ2v) is 7.46. The highest BCUT2D eigenvalue weighted by molar-refractivity contribution is 7.99. The molecule has 2 aliphatic heterocycles. The molecular weight excluding hydrogens is 352 g/mol. The minimum absolute atomic E-state index is 0.0682. The van der Waals surface area contributed by atoms with Gasteiger partial charge in [-0.2, -0.15) is 0 Å². The summed E-state index contributed by atoms with van der Waals surface area (Å²) in [7, 11) is 0. The lowest BCUT2D eigenvalue weighted by atomic mass is 10.2. The second kappa shape index (κ2) is 7.06. The number of hydrogen-bond acceptors (Lipinski definition) is 7. The molecule has 4 rings (SSSR count). The second-order valence-electron chi connectivity index (χ2n) is 6.47. The van der Waals surface area contributed by atoms with E-state index in [-0.39, 0.29) is 17.5 Å². The number of fused-ring (bicyclic) bond motifs is 1. The van der Waals surface area contributed by atoms with Gasteiger partial charge in [0.1, 0.15) is 0 Å². The molecule has 0 bridgehead atoms. The Labute approximate surface area is 155 Å². The maximum absolute atomic E-state index is 12.7. The Morgan fingerprint density at radius 3 is 2.69 bits per heavy atom. The summed E-state index contributed by atoms with van der Waals surface area (Å²) in [6, 6.07) is 3.21. The first-order valence-corrected chi connectivity index (χ1v) is 9.63. The van der Waals surface area contributed by atoms with Gasteiger partial charge in [-0.05, 0) is 13.0 Å². The maximum atomic E-state index is 12.7. The van der Waals surface area contributed by atoms with Crippen LogP contribution in [0.15, 0.2) is 34.5 Å². The van der Waals surface area contributed by atoms with Crippen molar-refractivity contribution in [3.63, 3.8) is 0 Å². The van der Waals surface area contributed by atoms with Gasteiger partial charge in [-0.1, -0.05) is 11.8 Å². The minimum atomic E-state index is -0.112. The Hall–Kier alpha value is -2.42. The number of hydrogen-bond donors (Lipinski definition) is 0. The number of piperazine rings is 1. The van der Waals surface area contributed by atoms with Gasteiger partial charge >= 0.3 is 0 Å². The van der Waals surface area contributed by atoms with Crippen LogP contribution in [0.5, 0.6) is 0 Å². The van der Waals surface area contributed by atoms with E-state index in [9.17, 15) is 9.59 Å². The lowest BCUT2D eigenvalue weighted by Crippen LogP contribution is -2.49. The predicted molar refractivity (Wildman–Crippen MR) is 98.4 cm³/mol. The Bertz CT molecular complexity index is 863. The van der Waals surface area contributed by atoms with Crippen molar-refractivity contribution in [2.45, 2.75) is 24.5 Å². The van der Waals surface area contributed by atoms with Gasteiger partial charge in [0, 0.05) is 62.5 Å². The number of rotatable bonds is 3. The van der Waals surface area contributed by atoms with E-state index in [1.54, 1.807) is 34.8 Å². The largest absolute Gasteiger partial charge is 0.339 e. The minimum Gasteiger partial charge on any atom is -0.339 e. The summed E-state index contributed by atoms with van der Waals surface area (Å²) in [5, 5.41) is 0.721. The van der Waals surface area contributed by atoms with Crippen LogP contribution in [0.2, 0.25) is 0 Å². The smallest absolute Gasteiger partial charge is 0.254 e. The fourth-order valence-corrected chi connectivity index (χ4v) is 4.55. The van der Waals surface area contributed by atoms with Crippen molar-refractivity contribution in [1.29, 1.82) is 0 Å². The van der Waals surface area contributed by atoms with Crippen molar-refractivity contribution in [2.75, 3.05) is 36.8 Å². The van der Waals surface area contributed by atoms with E-state index >= 15 is 0 Å². The first kappa shape index (κ1) is 17.0. The van der Waals surface area contributed by atoms with Crippen molar-refractivity contribution in [1.82, 2.24) is 24.4 Å². The zero-order valence-corrected chi connectivity index (χ0v) is 15.4. The van der Waals surface area contributed by atoms with E-state index in [1.807, 2.05) is 11.8 Å². The monoisotopic (exact) mass is 372 g/mol. The van der Waals surface area contributed by atoms with Gasteiger partial charge in [0.25, 0.3) is 5.56 Å². The van der Waals surface area contributed by atoms with Crippen LogP contribution in [0.25, 0.3) is 0 Å². The average molecular weight is 372 g/mol. The average Bonchev–Trinajstić information content (AvgIpc) is 3.05. The molecule has 136 valence electrons. The van der Waals surface area contributed by atoms with E-state index in [1.165, 1.54) is 6.07 Å². The number of anilines is 1. The summed E-state index contributed by atoms with van der Waals surface area (Å²) in [5.41, 5.74) is 0.654. The highest BCUT2D eigenvalue weighted by atomic mass is 32.2. The van der Waals surface area contributed by atoms with Crippen LogP contribution < -0.4 is 10.5 Å². The fourth-order valence-electron chi connectivity index (χ4n) is 3.35. The Morgan fingerprint density at radius 2 is 1.96 bits per heavy atom. The molecule has 1 saturated heterocycles. The Morgan fingerprint density at radius 1 is 1.23 bits per heavy atom. The molecule has 0 N–H and O–H groups in total. The van der Waals surface area contributed by atoms with E-state index in [0.717, 1.165) is 16.6 Å². The molecule has 0 saturated carbocycles. The number of nitrogens with zero attached hydrogens (tertiary/aromatic N) is 6. The molecule has 1 amide bonds. The van der Waals surface area contributed by atoms with Gasteiger partial charge in [-0.25, -0.2) is 15.0 Å². The molecule has 2 aromatic rings. The predicted octanol–water partition coefficient (Wildman–Crippen LogP) is 0.727. The molecule has 2 aromatic heterocycles. The van der Waals surface area contributed by atoms with Crippen molar-refractivity contribution in [2.24, 2.45) is 0 Å². The van der Waals surface area contributed by atoms with Crippen molar-refractivity contribution < 1.29 is 4.79 Å². The van der Waals surface area contributed by atoms with Crippen molar-refractivity contribution in [3.05, 3.63) is 40.6 Å². The Kier molecular flexibility index (Phi) is 4.62. The van der Waals surface area contributed by atoms with Gasteiger partial charge in [-0.3, -0.25) is 14.2 Å². The van der Waals surface area contributed by atoms with Crippen LogP contribution in [0.3, 0.4) is 0 Å². The molecule has 2 aliphatic rings. The van der Waals surface area contributed by atoms with Gasteiger partial charge in [0.05, 0.1) is 6.04 Å². The summed E-state index contributed by atoms with van der Waals surface area (Å²) >= 11 is 1.55. The summed E-state index contributed by atoms with van der Waals surface area (Å²) in [4.78, 5) is 41.9. The van der Waals surface area contributed by atoms with Gasteiger partial charge < -0.3 is 9.80 Å². The van der Waals surface area contributed by atoms with E-state index < -0.39 is 0 Å². The van der Waals surface area contributed by atoms with E-state index in [2.05, 4.69) is 19.9 Å². The topological polar surface area (TPSA) is 84.2 Å². The molecule has 0 spiro atoms. The van der Waals surface area contributed by atoms with Crippen LogP contribution in [0, 0.1) is 6.92 Å². The molecule has 26 heavy (non-hydrogen) atoms. The van der Waals surface area contributed by atoms with Crippen LogP contribution in [0.4, 0.5) is 5.95 Å². The van der Waals surface area contributed by atoms with E-state index in [0.29, 0.717) is 38.5 Å². The van der Waals surface area contributed by atoms with Gasteiger partial charge in [0.15, 0.2) is 5.16 Å². The number of thioether (sulfide) groups is 1. The highest BCUT2D eigenvalue weighted by Gasteiger charge is 2.30. The first-order chi connectivity index (χ1) is 12.6. The molecule has 0 aromatic carbocycles. The number of amides is 1. The third-order valence-corrected chi connectivity index (χ3v) is 5.79. The lowest BCUT2D eigenvalue weighted by Gasteiger charge is -2.35. The lowest BCUT2D eigenvalue weighted by molar-refractivity contribution is -0.132. The van der Waals surface area contributed by atoms with Crippen LogP contribution in [0.1, 0.15) is 18.2 Å². The number of aromatic nitrogens is 4. The molecule has 0 aliphatic carbocycles. The fraction of sp³-hybridized carbons (Fsp3) is 0.471. The van der Waals surface area contributed by atoms with E-state index in [4.69, 9.17) is 0 Å². The summed E-state index contributed by atoms with van der Waals surface area (Å²) in [5.74, 6) is 1.51. The summed E-state index contributed by atoms with van der Waals surface area (Å²) < 4.78 is 1.67. The third-order valence-electron chi connectivity index (χ3n) is 4.70. The molecule has 9 heteroatoms. The SMILES string of the molecule is Cc1cc(=O)n2c(n1)SC[C@@H]2CC(=O)N1CCN(c2ncccn2)CC1. The number of carbonyl (C=O) groups is 1. The van der Waals surface area contributed by atoms with Crippen molar-refractivity contribution in [3.8, 4) is 0 Å². The normalized spacial score (nSPS) is 19.5. The quantitative estimate of drug-likeness (QED) is 0.734. The van der Waals surface area contributed by atoms with Gasteiger partial charge in [0.2, 0.25) is 11.9 Å². The van der Waals surface area contributed by atoms with Crippen molar-refractivity contribution >= 4 is 23.6 Å². The summed E-state index contributed by atoms with van der Waals surface area (Å²) in [6.45, 7) is 4.53. The van der Waals surface area contributed by atoms with Crippen LogP contribution in [-0.2, 0) is 4.79 Å². The Balaban J connectivity index is 1.38. The molecule has 4 heterocycles. The molecule has 1 fully saturated rings. The molecular formula is C17H20N6O2S. The first-order valence-electron chi connectivity index (χ1n) is 8.64. The third kappa shape index (κ3) is 3.31. The van der Waals surface area contributed by atoms with Gasteiger partial charge in [-0.15, -0.1) is 0 Å². The van der Waals surface area contributed by atoms with Crippen LogP contribution in [-0.4, -0.2) is 62.3 Å². The standard InChI is InChI=1S/C17H20N6O2S/c1-12-9-15(25)23-13(11-26-17(23)20-12)10-14(24)21-5-7-22(8-6-21)16-18-3-2-4-19-16/h2-4,9,13H,5-8,10-11H2,1H3/t13-/m0/s1. The molecule has 0 radical (unpaired) electrons. The van der Waals surface area contributed by atoms with Crippen LogP contribution >= 0.6 is 11.8 Å². The zero-order chi connectivity index (χ0) is 18.1. The molecule has 0 unspecified atom stereocenters. The molecule has 1 atom stereocenters. The number of aryl methyl sites for hydroxylation is 1. The highest BCUT2D eigenvalue weighted by Crippen LogP contribution is 2.32. The summed E-state index contributed by atoms with van der Waals surface area (Å²) in [6.07, 6.45) is 3.79. The maximum Gasteiger partial charge on any atom is 0.254 e.